The summed E-state index contributed by atoms with van der Waals surface area (Å²) in [5, 5.41) is 15.2. The molecular formula is C27H42N4O5S. The minimum absolute atomic E-state index is 0.0288. The summed E-state index contributed by atoms with van der Waals surface area (Å²) in [6, 6.07) is 2.91. The van der Waals surface area contributed by atoms with Crippen molar-refractivity contribution in [3.63, 3.8) is 0 Å². The van der Waals surface area contributed by atoms with Crippen molar-refractivity contribution in [2.45, 2.75) is 77.8 Å². The van der Waals surface area contributed by atoms with E-state index in [1.165, 1.54) is 11.3 Å². The second-order valence-corrected chi connectivity index (χ2v) is 12.5. The number of likely N-dealkylation sites (N-methyl/N-ethyl adjacent to an activating group) is 1. The number of piperidine rings is 1. The molecule has 9 nitrogen and oxygen atoms in total. The maximum Gasteiger partial charge on any atom is 0.263 e. The lowest BCUT2D eigenvalue weighted by Gasteiger charge is -2.40. The van der Waals surface area contributed by atoms with Gasteiger partial charge in [0.2, 0.25) is 18.2 Å². The van der Waals surface area contributed by atoms with Crippen molar-refractivity contribution in [1.29, 1.82) is 0 Å². The molecule has 0 radical (unpaired) electrons. The van der Waals surface area contributed by atoms with E-state index in [1.54, 1.807) is 11.9 Å². The Labute approximate surface area is 224 Å². The van der Waals surface area contributed by atoms with Crippen LogP contribution in [-0.4, -0.2) is 83.0 Å². The van der Waals surface area contributed by atoms with Gasteiger partial charge in [-0.15, -0.1) is 11.3 Å². The van der Waals surface area contributed by atoms with Gasteiger partial charge in [0.15, 0.2) is 0 Å². The van der Waals surface area contributed by atoms with Crippen LogP contribution >= 0.6 is 11.3 Å². The lowest BCUT2D eigenvalue weighted by Crippen LogP contribution is -2.58. The third kappa shape index (κ3) is 7.77. The van der Waals surface area contributed by atoms with Crippen molar-refractivity contribution in [2.24, 2.45) is 17.3 Å². The lowest BCUT2D eigenvalue weighted by molar-refractivity contribution is -0.156. The summed E-state index contributed by atoms with van der Waals surface area (Å²) < 4.78 is 0. The predicted octanol–water partition coefficient (Wildman–Crippen LogP) is 3.39. The van der Waals surface area contributed by atoms with Crippen molar-refractivity contribution >= 4 is 35.5 Å². The number of nitrogens with one attached hydrogen (secondary N) is 1. The molecule has 0 aromatic carbocycles. The Morgan fingerprint density at radius 1 is 1.19 bits per heavy atom. The predicted molar refractivity (Wildman–Crippen MR) is 142 cm³/mol. The van der Waals surface area contributed by atoms with Crippen LogP contribution in [0.25, 0.3) is 0 Å². The van der Waals surface area contributed by atoms with Crippen LogP contribution in [0, 0.1) is 17.3 Å². The number of carbonyl (C=O) groups excluding carboxylic acids is 4. The Bertz CT molecular complexity index is 918. The fourth-order valence-corrected chi connectivity index (χ4v) is 6.18. The van der Waals surface area contributed by atoms with Crippen LogP contribution in [0.5, 0.6) is 0 Å². The van der Waals surface area contributed by atoms with Crippen LogP contribution < -0.4 is 5.32 Å². The Morgan fingerprint density at radius 2 is 1.84 bits per heavy atom. The quantitative estimate of drug-likeness (QED) is 0.272. The summed E-state index contributed by atoms with van der Waals surface area (Å²) in [7, 11) is 1.77. The molecule has 1 aromatic rings. The zero-order valence-corrected chi connectivity index (χ0v) is 23.3. The molecule has 1 saturated carbocycles. The Morgan fingerprint density at radius 3 is 2.38 bits per heavy atom. The van der Waals surface area contributed by atoms with Gasteiger partial charge in [-0.2, -0.15) is 0 Å². The van der Waals surface area contributed by atoms with Gasteiger partial charge in [-0.05, 0) is 42.0 Å². The van der Waals surface area contributed by atoms with E-state index >= 15 is 0 Å². The molecule has 0 spiro atoms. The van der Waals surface area contributed by atoms with Gasteiger partial charge >= 0.3 is 0 Å². The van der Waals surface area contributed by atoms with E-state index in [0.29, 0.717) is 49.7 Å². The van der Waals surface area contributed by atoms with E-state index in [4.69, 9.17) is 0 Å². The van der Waals surface area contributed by atoms with E-state index in [2.05, 4.69) is 5.32 Å². The molecule has 10 heteroatoms. The summed E-state index contributed by atoms with van der Waals surface area (Å²) >= 11 is 1.43. The molecule has 37 heavy (non-hydrogen) atoms. The van der Waals surface area contributed by atoms with E-state index in [0.717, 1.165) is 30.6 Å². The Hall–Kier alpha value is -2.46. The molecule has 206 valence electrons. The normalized spacial score (nSPS) is 18.8. The monoisotopic (exact) mass is 534 g/mol. The molecule has 1 aliphatic heterocycles. The van der Waals surface area contributed by atoms with Crippen molar-refractivity contribution in [1.82, 2.24) is 20.2 Å². The second-order valence-electron chi connectivity index (χ2n) is 11.6. The van der Waals surface area contributed by atoms with Gasteiger partial charge in [-0.1, -0.05) is 52.5 Å². The smallest absolute Gasteiger partial charge is 0.263 e. The van der Waals surface area contributed by atoms with Crippen LogP contribution in [0.15, 0.2) is 17.5 Å². The summed E-state index contributed by atoms with van der Waals surface area (Å²) in [6.45, 7) is 6.81. The summed E-state index contributed by atoms with van der Waals surface area (Å²) in [4.78, 5) is 55.1. The van der Waals surface area contributed by atoms with Crippen LogP contribution in [0.3, 0.4) is 0 Å². The van der Waals surface area contributed by atoms with Gasteiger partial charge in [0.1, 0.15) is 6.04 Å². The standard InChI is InChI=1S/C27H42N4O5S/c1-27(2,3)23(28-24(33)20(17-31(36)18-32)16-19-8-5-6-9-19)26(35)29(4)21-11-13-30(14-12-21)25(34)22-10-7-15-37-22/h7,10,15,18-21,23,36H,5-6,8-9,11-14,16-17H2,1-4H3,(H,28,33)/t20-,23-/m1/s1. The van der Waals surface area contributed by atoms with Crippen LogP contribution in [-0.2, 0) is 14.4 Å². The van der Waals surface area contributed by atoms with E-state index in [9.17, 15) is 24.4 Å². The van der Waals surface area contributed by atoms with E-state index in [1.807, 2.05) is 43.2 Å². The average molecular weight is 535 g/mol. The fraction of sp³-hybridized carbons (Fsp3) is 0.704. The van der Waals surface area contributed by atoms with Gasteiger partial charge in [-0.25, -0.2) is 5.06 Å². The van der Waals surface area contributed by atoms with Gasteiger partial charge in [-0.3, -0.25) is 24.4 Å². The highest BCUT2D eigenvalue weighted by molar-refractivity contribution is 7.12. The molecule has 2 N–H and O–H groups in total. The first-order valence-electron chi connectivity index (χ1n) is 13.3. The van der Waals surface area contributed by atoms with E-state index in [-0.39, 0.29) is 30.3 Å². The average Bonchev–Trinajstić information content (AvgIpc) is 3.59. The molecule has 4 amide bonds. The van der Waals surface area contributed by atoms with E-state index < -0.39 is 17.4 Å². The molecule has 0 bridgehead atoms. The number of carbonyl (C=O) groups is 4. The zero-order chi connectivity index (χ0) is 27.2. The minimum Gasteiger partial charge on any atom is -0.344 e. The number of nitrogens with zero attached hydrogens (tertiary/aromatic N) is 3. The maximum absolute atomic E-state index is 13.7. The number of amides is 4. The second kappa shape index (κ2) is 12.9. The first kappa shape index (κ1) is 29.1. The number of rotatable bonds is 10. The summed E-state index contributed by atoms with van der Waals surface area (Å²) in [6.07, 6.45) is 6.56. The number of hydrogen-bond acceptors (Lipinski definition) is 6. The van der Waals surface area contributed by atoms with Crippen LogP contribution in [0.1, 0.15) is 75.4 Å². The molecule has 2 aliphatic rings. The van der Waals surface area contributed by atoms with Crippen molar-refractivity contribution in [3.8, 4) is 0 Å². The lowest BCUT2D eigenvalue weighted by atomic mass is 9.84. The number of hydroxylamine groups is 2. The van der Waals surface area contributed by atoms with Crippen molar-refractivity contribution in [3.05, 3.63) is 22.4 Å². The molecule has 0 unspecified atom stereocenters. The van der Waals surface area contributed by atoms with Crippen molar-refractivity contribution in [2.75, 3.05) is 26.7 Å². The molecule has 1 saturated heterocycles. The minimum atomic E-state index is -0.759. The third-order valence-electron chi connectivity index (χ3n) is 7.77. The molecule has 1 aliphatic carbocycles. The highest BCUT2D eigenvalue weighted by atomic mass is 32.1. The highest BCUT2D eigenvalue weighted by Crippen LogP contribution is 2.31. The third-order valence-corrected chi connectivity index (χ3v) is 8.63. The molecule has 1 aromatic heterocycles. The number of likely N-dealkylation sites (tertiary alicyclic amines) is 1. The Kier molecular flexibility index (Phi) is 10.1. The van der Waals surface area contributed by atoms with Gasteiger partial charge in [0.25, 0.3) is 5.91 Å². The topological polar surface area (TPSA) is 110 Å². The molecule has 3 rings (SSSR count). The largest absolute Gasteiger partial charge is 0.344 e. The van der Waals surface area contributed by atoms with Crippen LogP contribution in [0.4, 0.5) is 0 Å². The van der Waals surface area contributed by atoms with Crippen LogP contribution in [0.2, 0.25) is 0 Å². The first-order chi connectivity index (χ1) is 17.5. The maximum atomic E-state index is 13.7. The van der Waals surface area contributed by atoms with Gasteiger partial charge < -0.3 is 15.1 Å². The summed E-state index contributed by atoms with van der Waals surface area (Å²) in [5.41, 5.74) is -0.543. The molecule has 2 fully saturated rings. The van der Waals surface area contributed by atoms with Gasteiger partial charge in [0.05, 0.1) is 17.3 Å². The molecule has 2 heterocycles. The molecule has 2 atom stereocenters. The van der Waals surface area contributed by atoms with Gasteiger partial charge in [0, 0.05) is 26.2 Å². The number of thiophene rings is 1. The fourth-order valence-electron chi connectivity index (χ4n) is 5.49. The Balaban J connectivity index is 1.64. The zero-order valence-electron chi connectivity index (χ0n) is 22.5. The highest BCUT2D eigenvalue weighted by Gasteiger charge is 2.39. The SMILES string of the molecule is CN(C(=O)[C@@H](NC(=O)[C@H](CC1CCCC1)CN(O)C=O)C(C)(C)C)C1CCN(C(=O)c2cccs2)CC1. The molecular weight excluding hydrogens is 492 g/mol. The first-order valence-corrected chi connectivity index (χ1v) is 14.2. The number of hydrogen-bond donors (Lipinski definition) is 2. The summed E-state index contributed by atoms with van der Waals surface area (Å²) in [5.74, 6) is -0.661. The van der Waals surface area contributed by atoms with Crippen molar-refractivity contribution < 1.29 is 24.4 Å².